The second-order valence-electron chi connectivity index (χ2n) is 2.33. The van der Waals surface area contributed by atoms with Crippen molar-refractivity contribution in [2.24, 2.45) is 0 Å². The summed E-state index contributed by atoms with van der Waals surface area (Å²) in [5, 5.41) is 7.30. The predicted octanol–water partition coefficient (Wildman–Crippen LogP) is -0.155. The SMILES string of the molecule is [B]c1cnc(N)c(C(C)=N)c1. The zero-order chi connectivity index (χ0) is 8.43. The molecule has 0 aliphatic carbocycles. The van der Waals surface area contributed by atoms with Gasteiger partial charge in [-0.15, -0.1) is 0 Å². The standard InChI is InChI=1S/C7H8BN3/c1-4(9)6-2-5(8)3-11-7(6)10/h2-3,9H,1H3,(H2,10,11). The van der Waals surface area contributed by atoms with E-state index in [0.717, 1.165) is 0 Å². The van der Waals surface area contributed by atoms with Crippen LogP contribution in [0.1, 0.15) is 12.5 Å². The summed E-state index contributed by atoms with van der Waals surface area (Å²) in [5.41, 5.74) is 6.99. The second kappa shape index (κ2) is 2.74. The number of aromatic nitrogens is 1. The molecule has 1 rings (SSSR count). The molecule has 0 bridgehead atoms. The van der Waals surface area contributed by atoms with Crippen LogP contribution in [0.25, 0.3) is 0 Å². The van der Waals surface area contributed by atoms with E-state index in [-0.39, 0.29) is 0 Å². The van der Waals surface area contributed by atoms with E-state index in [2.05, 4.69) is 4.98 Å². The van der Waals surface area contributed by atoms with Gasteiger partial charge in [0.05, 0.1) is 0 Å². The fourth-order valence-electron chi connectivity index (χ4n) is 0.792. The average Bonchev–Trinajstić information content (AvgIpc) is 1.94. The molecule has 1 heterocycles. The first-order valence-electron chi connectivity index (χ1n) is 3.18. The van der Waals surface area contributed by atoms with Gasteiger partial charge in [0, 0.05) is 17.5 Å². The zero-order valence-corrected chi connectivity index (χ0v) is 6.26. The van der Waals surface area contributed by atoms with Gasteiger partial charge in [-0.3, -0.25) is 0 Å². The fraction of sp³-hybridized carbons (Fsp3) is 0.143. The van der Waals surface area contributed by atoms with Gasteiger partial charge in [-0.05, 0) is 6.92 Å². The lowest BCUT2D eigenvalue weighted by molar-refractivity contribution is 1.33. The van der Waals surface area contributed by atoms with Crippen LogP contribution in [0, 0.1) is 5.41 Å². The lowest BCUT2D eigenvalue weighted by Crippen LogP contribution is -2.10. The van der Waals surface area contributed by atoms with Gasteiger partial charge in [0.1, 0.15) is 13.7 Å². The average molecular weight is 145 g/mol. The molecule has 0 spiro atoms. The molecule has 0 amide bonds. The highest BCUT2D eigenvalue weighted by atomic mass is 14.8. The van der Waals surface area contributed by atoms with Crippen LogP contribution in [0.15, 0.2) is 12.3 Å². The lowest BCUT2D eigenvalue weighted by Gasteiger charge is -2.02. The van der Waals surface area contributed by atoms with E-state index in [1.165, 1.54) is 6.20 Å². The van der Waals surface area contributed by atoms with Gasteiger partial charge in [-0.25, -0.2) is 4.98 Å². The molecule has 0 fully saturated rings. The number of anilines is 1. The largest absolute Gasteiger partial charge is 0.383 e. The van der Waals surface area contributed by atoms with Crippen molar-refractivity contribution in [1.82, 2.24) is 4.98 Å². The minimum absolute atomic E-state index is 0.353. The van der Waals surface area contributed by atoms with Crippen molar-refractivity contribution in [2.45, 2.75) is 6.92 Å². The topological polar surface area (TPSA) is 62.8 Å². The normalized spacial score (nSPS) is 9.55. The molecular weight excluding hydrogens is 137 g/mol. The van der Waals surface area contributed by atoms with Crippen LogP contribution in [0.2, 0.25) is 0 Å². The van der Waals surface area contributed by atoms with Gasteiger partial charge in [-0.2, -0.15) is 0 Å². The van der Waals surface area contributed by atoms with E-state index < -0.39 is 0 Å². The Morgan fingerprint density at radius 1 is 1.73 bits per heavy atom. The molecule has 1 aromatic rings. The molecule has 54 valence electrons. The molecule has 1 aromatic heterocycles. The first-order valence-corrected chi connectivity index (χ1v) is 3.18. The van der Waals surface area contributed by atoms with Crippen LogP contribution in [0.3, 0.4) is 0 Å². The molecule has 4 heteroatoms. The lowest BCUT2D eigenvalue weighted by atomic mass is 9.96. The minimum atomic E-state index is 0.353. The van der Waals surface area contributed by atoms with Crippen molar-refractivity contribution in [3.05, 3.63) is 17.8 Å². The summed E-state index contributed by atoms with van der Waals surface area (Å²) in [6, 6.07) is 1.64. The highest BCUT2D eigenvalue weighted by Gasteiger charge is 2.01. The summed E-state index contributed by atoms with van der Waals surface area (Å²) in [7, 11) is 5.45. The van der Waals surface area contributed by atoms with E-state index in [4.69, 9.17) is 19.0 Å². The summed E-state index contributed by atoms with van der Waals surface area (Å²) < 4.78 is 0. The first-order chi connectivity index (χ1) is 5.11. The third-order valence-corrected chi connectivity index (χ3v) is 1.34. The van der Waals surface area contributed by atoms with Crippen molar-refractivity contribution >= 4 is 24.8 Å². The maximum atomic E-state index is 7.30. The maximum Gasteiger partial charge on any atom is 0.132 e. The molecular formula is C7H8BN3. The van der Waals surface area contributed by atoms with Crippen molar-refractivity contribution in [1.29, 1.82) is 5.41 Å². The molecule has 0 unspecified atom stereocenters. The minimum Gasteiger partial charge on any atom is -0.383 e. The van der Waals surface area contributed by atoms with Crippen LogP contribution in [-0.2, 0) is 0 Å². The quantitative estimate of drug-likeness (QED) is 0.426. The summed E-state index contributed by atoms with van der Waals surface area (Å²) in [6.45, 7) is 1.65. The highest BCUT2D eigenvalue weighted by molar-refractivity contribution is 6.32. The molecule has 0 aromatic carbocycles. The molecule has 0 aliphatic heterocycles. The fourth-order valence-corrected chi connectivity index (χ4v) is 0.792. The van der Waals surface area contributed by atoms with Gasteiger partial charge >= 0.3 is 0 Å². The molecule has 2 radical (unpaired) electrons. The summed E-state index contributed by atoms with van der Waals surface area (Å²) in [4.78, 5) is 3.81. The number of nitrogens with one attached hydrogen (secondary N) is 1. The summed E-state index contributed by atoms with van der Waals surface area (Å²) in [5.74, 6) is 0.353. The van der Waals surface area contributed by atoms with Crippen LogP contribution in [0.5, 0.6) is 0 Å². The number of hydrogen-bond acceptors (Lipinski definition) is 3. The number of nitrogens with zero attached hydrogens (tertiary/aromatic N) is 1. The Hall–Kier alpha value is -1.32. The van der Waals surface area contributed by atoms with Crippen LogP contribution < -0.4 is 11.2 Å². The number of nitrogens with two attached hydrogens (primary N) is 1. The molecule has 0 atom stereocenters. The molecule has 11 heavy (non-hydrogen) atoms. The van der Waals surface area contributed by atoms with Crippen molar-refractivity contribution in [2.75, 3.05) is 5.73 Å². The van der Waals surface area contributed by atoms with Crippen LogP contribution in [-0.4, -0.2) is 18.5 Å². The smallest absolute Gasteiger partial charge is 0.132 e. The zero-order valence-electron chi connectivity index (χ0n) is 6.26. The molecule has 0 saturated heterocycles. The molecule has 0 saturated carbocycles. The Morgan fingerprint density at radius 3 is 2.82 bits per heavy atom. The van der Waals surface area contributed by atoms with Crippen LogP contribution in [0.4, 0.5) is 5.82 Å². The number of nitrogen functional groups attached to an aromatic ring is 1. The second-order valence-corrected chi connectivity index (χ2v) is 2.33. The van der Waals surface area contributed by atoms with E-state index in [9.17, 15) is 0 Å². The Balaban J connectivity index is 3.23. The number of pyridine rings is 1. The van der Waals surface area contributed by atoms with Gasteiger partial charge in [0.2, 0.25) is 0 Å². The van der Waals surface area contributed by atoms with Gasteiger partial charge in [0.15, 0.2) is 0 Å². The van der Waals surface area contributed by atoms with Crippen LogP contribution >= 0.6 is 0 Å². The molecule has 0 aliphatic rings. The Kier molecular flexibility index (Phi) is 1.94. The van der Waals surface area contributed by atoms with Gasteiger partial charge in [-0.1, -0.05) is 11.5 Å². The van der Waals surface area contributed by atoms with E-state index >= 15 is 0 Å². The van der Waals surface area contributed by atoms with Gasteiger partial charge in [0.25, 0.3) is 0 Å². The first kappa shape index (κ1) is 7.79. The van der Waals surface area contributed by atoms with Crippen molar-refractivity contribution in [3.63, 3.8) is 0 Å². The van der Waals surface area contributed by atoms with Crippen molar-refractivity contribution in [3.8, 4) is 0 Å². The Morgan fingerprint density at radius 2 is 2.36 bits per heavy atom. The van der Waals surface area contributed by atoms with E-state index in [1.54, 1.807) is 13.0 Å². The third kappa shape index (κ3) is 1.58. The molecule has 3 N–H and O–H groups in total. The Labute approximate surface area is 66.6 Å². The number of rotatable bonds is 1. The number of hydrogen-bond donors (Lipinski definition) is 2. The maximum absolute atomic E-state index is 7.30. The predicted molar refractivity (Wildman–Crippen MR) is 46.5 cm³/mol. The monoisotopic (exact) mass is 145 g/mol. The highest BCUT2D eigenvalue weighted by Crippen LogP contribution is 2.04. The van der Waals surface area contributed by atoms with E-state index in [0.29, 0.717) is 22.6 Å². The third-order valence-electron chi connectivity index (χ3n) is 1.34. The van der Waals surface area contributed by atoms with E-state index in [1.807, 2.05) is 0 Å². The molecule has 3 nitrogen and oxygen atoms in total. The van der Waals surface area contributed by atoms with Gasteiger partial charge < -0.3 is 11.1 Å². The summed E-state index contributed by atoms with van der Waals surface area (Å²) in [6.07, 6.45) is 1.47. The summed E-state index contributed by atoms with van der Waals surface area (Å²) >= 11 is 0. The Bertz CT molecular complexity index is 296. The van der Waals surface area contributed by atoms with Crippen molar-refractivity contribution < 1.29 is 0 Å².